The molecule has 1 aliphatic heterocycles. The fourth-order valence-electron chi connectivity index (χ4n) is 2.37. The third kappa shape index (κ3) is 2.94. The van der Waals surface area contributed by atoms with Crippen LogP contribution >= 0.6 is 11.3 Å². The van der Waals surface area contributed by atoms with Crippen molar-refractivity contribution in [2.45, 2.75) is 0 Å². The number of nitrogens with zero attached hydrogens (tertiary/aromatic N) is 6. The first-order valence-electron chi connectivity index (χ1n) is 6.73. The lowest BCUT2D eigenvalue weighted by molar-refractivity contribution is 0.0619. The topological polar surface area (TPSA) is 87.4 Å². The van der Waals surface area contributed by atoms with E-state index in [0.29, 0.717) is 30.2 Å². The van der Waals surface area contributed by atoms with E-state index in [2.05, 4.69) is 20.4 Å². The molecule has 1 saturated heterocycles. The first kappa shape index (κ1) is 14.1. The Hall–Kier alpha value is -1.84. The first-order chi connectivity index (χ1) is 10.3. The van der Waals surface area contributed by atoms with Crippen LogP contribution in [0.2, 0.25) is 0 Å². The van der Waals surface area contributed by atoms with Gasteiger partial charge in [0.05, 0.1) is 12.3 Å². The quantitative estimate of drug-likeness (QED) is 0.817. The predicted molar refractivity (Wildman–Crippen MR) is 76.5 cm³/mol. The van der Waals surface area contributed by atoms with E-state index in [-0.39, 0.29) is 12.5 Å². The zero-order chi connectivity index (χ0) is 14.7. The summed E-state index contributed by atoms with van der Waals surface area (Å²) in [6.07, 6.45) is 1.48. The monoisotopic (exact) mass is 308 g/mol. The SMILES string of the molecule is O=C(c1sccc1-n1cnnn1)N1CCN(CCO)CC1. The highest BCUT2D eigenvalue weighted by atomic mass is 32.1. The van der Waals surface area contributed by atoms with Crippen molar-refractivity contribution in [3.8, 4) is 5.69 Å². The molecule has 1 aliphatic rings. The maximum absolute atomic E-state index is 12.6. The summed E-state index contributed by atoms with van der Waals surface area (Å²) >= 11 is 1.40. The average molecular weight is 308 g/mol. The molecule has 1 fully saturated rings. The van der Waals surface area contributed by atoms with E-state index in [1.54, 1.807) is 0 Å². The van der Waals surface area contributed by atoms with Gasteiger partial charge in [0, 0.05) is 32.7 Å². The molecule has 0 aliphatic carbocycles. The molecular weight excluding hydrogens is 292 g/mol. The van der Waals surface area contributed by atoms with Crippen LogP contribution in [0.25, 0.3) is 5.69 Å². The molecule has 2 aromatic rings. The smallest absolute Gasteiger partial charge is 0.266 e. The number of β-amino-alcohol motifs (C(OH)–C–C–N with tert-alkyl or cyclic N) is 1. The Balaban J connectivity index is 1.71. The van der Waals surface area contributed by atoms with Gasteiger partial charge in [-0.3, -0.25) is 9.69 Å². The van der Waals surface area contributed by atoms with E-state index < -0.39 is 0 Å². The lowest BCUT2D eigenvalue weighted by Crippen LogP contribution is -2.49. The summed E-state index contributed by atoms with van der Waals surface area (Å²) in [6.45, 7) is 3.74. The number of piperazine rings is 1. The summed E-state index contributed by atoms with van der Waals surface area (Å²) in [6, 6.07) is 1.84. The minimum atomic E-state index is 0.0131. The average Bonchev–Trinajstić information content (AvgIpc) is 3.18. The van der Waals surface area contributed by atoms with Crippen molar-refractivity contribution in [1.82, 2.24) is 30.0 Å². The van der Waals surface area contributed by atoms with E-state index in [1.165, 1.54) is 22.3 Å². The molecular formula is C12H16N6O2S. The zero-order valence-electron chi connectivity index (χ0n) is 11.4. The first-order valence-corrected chi connectivity index (χ1v) is 7.61. The number of rotatable bonds is 4. The number of aliphatic hydroxyl groups is 1. The minimum absolute atomic E-state index is 0.0131. The number of carbonyl (C=O) groups excluding carboxylic acids is 1. The molecule has 2 aromatic heterocycles. The molecule has 0 bridgehead atoms. The Bertz CT molecular complexity index is 591. The van der Waals surface area contributed by atoms with E-state index >= 15 is 0 Å². The summed E-state index contributed by atoms with van der Waals surface area (Å²) in [7, 11) is 0. The van der Waals surface area contributed by atoms with Crippen molar-refractivity contribution >= 4 is 17.2 Å². The Morgan fingerprint density at radius 3 is 2.81 bits per heavy atom. The van der Waals surface area contributed by atoms with Crippen LogP contribution in [-0.2, 0) is 0 Å². The Labute approximate surface area is 125 Å². The van der Waals surface area contributed by atoms with Gasteiger partial charge >= 0.3 is 0 Å². The van der Waals surface area contributed by atoms with E-state index in [4.69, 9.17) is 5.11 Å². The zero-order valence-corrected chi connectivity index (χ0v) is 12.2. The third-order valence-corrected chi connectivity index (χ3v) is 4.40. The number of hydrogen-bond donors (Lipinski definition) is 1. The van der Waals surface area contributed by atoms with Crippen LogP contribution < -0.4 is 0 Å². The molecule has 3 heterocycles. The highest BCUT2D eigenvalue weighted by Crippen LogP contribution is 2.22. The molecule has 0 unspecified atom stereocenters. The van der Waals surface area contributed by atoms with Gasteiger partial charge in [-0.2, -0.15) is 4.68 Å². The Kier molecular flexibility index (Phi) is 4.23. The molecule has 8 nitrogen and oxygen atoms in total. The number of aromatic nitrogens is 4. The van der Waals surface area contributed by atoms with Crippen LogP contribution in [-0.4, -0.2) is 80.4 Å². The largest absolute Gasteiger partial charge is 0.395 e. The van der Waals surface area contributed by atoms with Crippen LogP contribution in [0.3, 0.4) is 0 Å². The second-order valence-electron chi connectivity index (χ2n) is 4.75. The molecule has 0 aromatic carbocycles. The Morgan fingerprint density at radius 1 is 1.33 bits per heavy atom. The van der Waals surface area contributed by atoms with Gasteiger partial charge < -0.3 is 10.0 Å². The van der Waals surface area contributed by atoms with Gasteiger partial charge in [-0.25, -0.2) is 0 Å². The fourth-order valence-corrected chi connectivity index (χ4v) is 3.22. The van der Waals surface area contributed by atoms with Crippen molar-refractivity contribution in [1.29, 1.82) is 0 Å². The van der Waals surface area contributed by atoms with Crippen molar-refractivity contribution < 1.29 is 9.90 Å². The highest BCUT2D eigenvalue weighted by molar-refractivity contribution is 7.12. The molecule has 0 radical (unpaired) electrons. The molecule has 0 spiro atoms. The van der Waals surface area contributed by atoms with Crippen molar-refractivity contribution in [2.24, 2.45) is 0 Å². The molecule has 21 heavy (non-hydrogen) atoms. The summed E-state index contributed by atoms with van der Waals surface area (Å²) in [5.74, 6) is 0.0131. The van der Waals surface area contributed by atoms with Crippen LogP contribution in [0.4, 0.5) is 0 Å². The summed E-state index contributed by atoms with van der Waals surface area (Å²) in [4.78, 5) is 17.3. The Morgan fingerprint density at radius 2 is 2.14 bits per heavy atom. The normalized spacial score (nSPS) is 16.3. The van der Waals surface area contributed by atoms with Gasteiger partial charge in [0.25, 0.3) is 5.91 Å². The summed E-state index contributed by atoms with van der Waals surface area (Å²) in [5, 5.41) is 21.9. The second-order valence-corrected chi connectivity index (χ2v) is 5.66. The highest BCUT2D eigenvalue weighted by Gasteiger charge is 2.25. The number of carbonyl (C=O) groups is 1. The number of tetrazole rings is 1. The van der Waals surface area contributed by atoms with Crippen molar-refractivity contribution in [2.75, 3.05) is 39.3 Å². The second kappa shape index (κ2) is 6.29. The number of thiophene rings is 1. The lowest BCUT2D eigenvalue weighted by atomic mass is 10.2. The fraction of sp³-hybridized carbons (Fsp3) is 0.500. The van der Waals surface area contributed by atoms with Gasteiger partial charge in [0.1, 0.15) is 11.2 Å². The van der Waals surface area contributed by atoms with Gasteiger partial charge in [0.15, 0.2) is 0 Å². The number of hydrogen-bond acceptors (Lipinski definition) is 7. The van der Waals surface area contributed by atoms with Crippen molar-refractivity contribution in [3.63, 3.8) is 0 Å². The molecule has 9 heteroatoms. The van der Waals surface area contributed by atoms with Gasteiger partial charge in [-0.1, -0.05) is 0 Å². The number of amides is 1. The number of aliphatic hydroxyl groups excluding tert-OH is 1. The van der Waals surface area contributed by atoms with Crippen LogP contribution in [0.1, 0.15) is 9.67 Å². The molecule has 3 rings (SSSR count). The van der Waals surface area contributed by atoms with E-state index in [1.807, 2.05) is 16.3 Å². The molecule has 0 atom stereocenters. The maximum Gasteiger partial charge on any atom is 0.266 e. The standard InChI is InChI=1S/C12H16N6O2S/c19-7-6-16-2-4-17(5-3-16)12(20)11-10(1-8-21-11)18-9-13-14-15-18/h1,8-9,19H,2-7H2. The molecule has 0 saturated carbocycles. The third-order valence-electron chi connectivity index (χ3n) is 3.51. The van der Waals surface area contributed by atoms with Crippen LogP contribution in [0.15, 0.2) is 17.8 Å². The predicted octanol–water partition coefficient (Wildman–Crippen LogP) is -0.526. The van der Waals surface area contributed by atoms with E-state index in [0.717, 1.165) is 13.1 Å². The van der Waals surface area contributed by atoms with Gasteiger partial charge in [0.2, 0.25) is 0 Å². The van der Waals surface area contributed by atoms with Gasteiger partial charge in [-0.05, 0) is 21.9 Å². The summed E-state index contributed by atoms with van der Waals surface area (Å²) in [5.41, 5.74) is 0.716. The van der Waals surface area contributed by atoms with Crippen molar-refractivity contribution in [3.05, 3.63) is 22.7 Å². The minimum Gasteiger partial charge on any atom is -0.395 e. The molecule has 1 N–H and O–H groups in total. The molecule has 1 amide bonds. The lowest BCUT2D eigenvalue weighted by Gasteiger charge is -2.34. The van der Waals surface area contributed by atoms with Crippen LogP contribution in [0.5, 0.6) is 0 Å². The molecule has 112 valence electrons. The van der Waals surface area contributed by atoms with E-state index in [9.17, 15) is 4.79 Å². The summed E-state index contributed by atoms with van der Waals surface area (Å²) < 4.78 is 1.51. The van der Waals surface area contributed by atoms with Gasteiger partial charge in [-0.15, -0.1) is 16.4 Å². The maximum atomic E-state index is 12.6. The van der Waals surface area contributed by atoms with Crippen LogP contribution in [0, 0.1) is 0 Å².